The molecule has 0 heterocycles. The van der Waals surface area contributed by atoms with Crippen molar-refractivity contribution in [3.05, 3.63) is 60.8 Å². The van der Waals surface area contributed by atoms with Crippen LogP contribution in [-0.4, -0.2) is 70.0 Å². The molecular formula is C72H134NO8P. The van der Waals surface area contributed by atoms with Gasteiger partial charge in [-0.05, 0) is 77.0 Å². The Hall–Kier alpha value is -2.29. The third-order valence-electron chi connectivity index (χ3n) is 15.5. The van der Waals surface area contributed by atoms with Crippen LogP contribution in [0.3, 0.4) is 0 Å². The summed E-state index contributed by atoms with van der Waals surface area (Å²) < 4.78 is 34.3. The van der Waals surface area contributed by atoms with Gasteiger partial charge in [-0.2, -0.15) is 0 Å². The van der Waals surface area contributed by atoms with E-state index in [0.29, 0.717) is 17.4 Å². The minimum Gasteiger partial charge on any atom is -0.756 e. The highest BCUT2D eigenvalue weighted by atomic mass is 31.2. The topological polar surface area (TPSA) is 111 Å². The Bertz CT molecular complexity index is 1570. The molecule has 0 aromatic heterocycles. The van der Waals surface area contributed by atoms with Crippen molar-refractivity contribution in [2.24, 2.45) is 0 Å². The number of phosphoric ester groups is 1. The number of phosphoric acid groups is 1. The largest absolute Gasteiger partial charge is 0.756 e. The van der Waals surface area contributed by atoms with Gasteiger partial charge in [-0.15, -0.1) is 0 Å². The second-order valence-electron chi connectivity index (χ2n) is 24.9. The van der Waals surface area contributed by atoms with Crippen molar-refractivity contribution in [1.82, 2.24) is 0 Å². The maximum atomic E-state index is 12.9. The lowest BCUT2D eigenvalue weighted by molar-refractivity contribution is -0.870. The molecule has 0 amide bonds. The second-order valence-corrected chi connectivity index (χ2v) is 26.3. The highest BCUT2D eigenvalue weighted by Gasteiger charge is 2.22. The molecule has 9 nitrogen and oxygen atoms in total. The summed E-state index contributed by atoms with van der Waals surface area (Å²) in [6.45, 7) is 4.18. The van der Waals surface area contributed by atoms with E-state index >= 15 is 0 Å². The number of hydrogen-bond donors (Lipinski definition) is 0. The first-order chi connectivity index (χ1) is 40.0. The molecular weight excluding hydrogens is 1040 g/mol. The van der Waals surface area contributed by atoms with E-state index in [1.807, 2.05) is 21.1 Å². The zero-order valence-corrected chi connectivity index (χ0v) is 55.6. The SMILES string of the molecule is CC/C=C\C/C=C\C/C=C\C/C=C\CCCCCCCCCCCCCCCCCCCCC(=O)OC(COC(=O)CCCCCCCCCCCCCCCCC/C=C\CCCCCCCCCC)COP(=O)([O-])OCC[N+](C)(C)C. The molecule has 0 aromatic rings. The Morgan fingerprint density at radius 3 is 1.05 bits per heavy atom. The third kappa shape index (κ3) is 66.8. The van der Waals surface area contributed by atoms with Gasteiger partial charge >= 0.3 is 11.9 Å². The Morgan fingerprint density at radius 2 is 0.695 bits per heavy atom. The van der Waals surface area contributed by atoms with Gasteiger partial charge < -0.3 is 27.9 Å². The first-order valence-corrected chi connectivity index (χ1v) is 36.5. The van der Waals surface area contributed by atoms with Crippen molar-refractivity contribution in [1.29, 1.82) is 0 Å². The molecule has 0 fully saturated rings. The molecule has 10 heteroatoms. The lowest BCUT2D eigenvalue weighted by Crippen LogP contribution is -2.37. The highest BCUT2D eigenvalue weighted by Crippen LogP contribution is 2.38. The van der Waals surface area contributed by atoms with Crippen LogP contribution >= 0.6 is 7.82 Å². The summed E-state index contributed by atoms with van der Waals surface area (Å²) in [4.78, 5) is 38.1. The van der Waals surface area contributed by atoms with Crippen LogP contribution in [0.25, 0.3) is 0 Å². The molecule has 2 unspecified atom stereocenters. The first-order valence-electron chi connectivity index (χ1n) is 35.0. The monoisotopic (exact) mass is 1170 g/mol. The summed E-state index contributed by atoms with van der Waals surface area (Å²) in [7, 11) is 1.18. The second kappa shape index (κ2) is 63.2. The Balaban J connectivity index is 4.01. The van der Waals surface area contributed by atoms with Crippen molar-refractivity contribution in [2.75, 3.05) is 47.5 Å². The van der Waals surface area contributed by atoms with E-state index < -0.39 is 26.5 Å². The van der Waals surface area contributed by atoms with Gasteiger partial charge in [-0.1, -0.05) is 306 Å². The molecule has 0 radical (unpaired) electrons. The fourth-order valence-electron chi connectivity index (χ4n) is 10.2. The number of rotatable bonds is 65. The first kappa shape index (κ1) is 79.7. The van der Waals surface area contributed by atoms with Gasteiger partial charge in [0.15, 0.2) is 6.10 Å². The predicted octanol–water partition coefficient (Wildman–Crippen LogP) is 22.0. The van der Waals surface area contributed by atoms with E-state index in [1.54, 1.807) is 0 Å². The van der Waals surface area contributed by atoms with Crippen LogP contribution < -0.4 is 4.89 Å². The lowest BCUT2D eigenvalue weighted by Gasteiger charge is -2.28. The Kier molecular flexibility index (Phi) is 61.5. The zero-order chi connectivity index (χ0) is 59.8. The molecule has 0 aliphatic rings. The third-order valence-corrected chi connectivity index (χ3v) is 16.5. The maximum absolute atomic E-state index is 12.9. The van der Waals surface area contributed by atoms with E-state index in [1.165, 1.54) is 238 Å². The van der Waals surface area contributed by atoms with Crippen molar-refractivity contribution in [2.45, 2.75) is 341 Å². The van der Waals surface area contributed by atoms with Gasteiger partial charge in [-0.25, -0.2) is 0 Å². The van der Waals surface area contributed by atoms with Crippen molar-refractivity contribution >= 4 is 19.8 Å². The van der Waals surface area contributed by atoms with Gasteiger partial charge in [-0.3, -0.25) is 14.2 Å². The summed E-state index contributed by atoms with van der Waals surface area (Å²) in [6, 6.07) is 0. The number of ether oxygens (including phenoxy) is 2. The van der Waals surface area contributed by atoms with E-state index in [4.69, 9.17) is 18.5 Å². The summed E-state index contributed by atoms with van der Waals surface area (Å²) >= 11 is 0. The molecule has 0 aromatic carbocycles. The number of allylic oxidation sites excluding steroid dienone is 10. The van der Waals surface area contributed by atoms with E-state index in [9.17, 15) is 19.0 Å². The van der Waals surface area contributed by atoms with E-state index in [-0.39, 0.29) is 32.0 Å². The van der Waals surface area contributed by atoms with Gasteiger partial charge in [0.2, 0.25) is 0 Å². The van der Waals surface area contributed by atoms with Crippen LogP contribution in [0.2, 0.25) is 0 Å². The average molecular weight is 1170 g/mol. The van der Waals surface area contributed by atoms with Crippen LogP contribution in [0.5, 0.6) is 0 Å². The van der Waals surface area contributed by atoms with Crippen molar-refractivity contribution in [3.8, 4) is 0 Å². The minimum absolute atomic E-state index is 0.0296. The predicted molar refractivity (Wildman–Crippen MR) is 351 cm³/mol. The minimum atomic E-state index is -4.64. The summed E-state index contributed by atoms with van der Waals surface area (Å²) in [5, 5.41) is 0. The lowest BCUT2D eigenvalue weighted by atomic mass is 10.0. The van der Waals surface area contributed by atoms with Crippen LogP contribution in [0, 0.1) is 0 Å². The molecule has 0 rings (SSSR count). The summed E-state index contributed by atoms with van der Waals surface area (Å²) in [6.07, 6.45) is 83.0. The number of esters is 2. The van der Waals surface area contributed by atoms with Gasteiger partial charge in [0.05, 0.1) is 27.7 Å². The molecule has 0 aliphatic heterocycles. The number of carbonyl (C=O) groups excluding carboxylic acids is 2. The molecule has 82 heavy (non-hydrogen) atoms. The molecule has 0 aliphatic carbocycles. The van der Waals surface area contributed by atoms with Crippen LogP contribution in [0.4, 0.5) is 0 Å². The molecule has 0 bridgehead atoms. The van der Waals surface area contributed by atoms with Crippen molar-refractivity contribution in [3.63, 3.8) is 0 Å². The standard InChI is InChI=1S/C72H134NO8P/c1-6-8-10-12-14-16-18-20-22-24-26-28-30-32-34-35-36-37-39-41-43-45-47-49-51-53-55-57-59-61-63-65-72(75)81-70(69-80-82(76,77)79-67-66-73(3,4)5)68-78-71(74)64-62-60-58-56-54-52-50-48-46-44-42-40-38-33-31-29-27-25-23-21-19-17-15-13-11-9-7-2/h8,10,14,16,20,22,25-28,70H,6-7,9,11-13,15,17-19,21,23-24,29-69H2,1-5H3/b10-8-,16-14-,22-20-,27-25-,28-26-. The normalized spacial score (nSPS) is 13.5. The Morgan fingerprint density at radius 1 is 0.390 bits per heavy atom. The van der Waals surface area contributed by atoms with E-state index in [2.05, 4.69) is 74.6 Å². The molecule has 0 N–H and O–H groups in total. The zero-order valence-electron chi connectivity index (χ0n) is 54.7. The van der Waals surface area contributed by atoms with Gasteiger partial charge in [0.25, 0.3) is 7.82 Å². The molecule has 2 atom stereocenters. The maximum Gasteiger partial charge on any atom is 0.306 e. The Labute approximate surface area is 508 Å². The van der Waals surface area contributed by atoms with Gasteiger partial charge in [0.1, 0.15) is 19.8 Å². The number of likely N-dealkylation sites (N-methyl/N-ethyl adjacent to an activating group) is 1. The smallest absolute Gasteiger partial charge is 0.306 e. The van der Waals surface area contributed by atoms with Crippen LogP contribution in [0.1, 0.15) is 335 Å². The van der Waals surface area contributed by atoms with Crippen molar-refractivity contribution < 1.29 is 42.1 Å². The summed E-state index contributed by atoms with van der Waals surface area (Å²) in [5.74, 6) is -0.816. The van der Waals surface area contributed by atoms with E-state index in [0.717, 1.165) is 64.2 Å². The molecule has 0 saturated heterocycles. The van der Waals surface area contributed by atoms with Crippen LogP contribution in [0.15, 0.2) is 60.8 Å². The van der Waals surface area contributed by atoms with Gasteiger partial charge in [0, 0.05) is 12.8 Å². The number of nitrogens with zero attached hydrogens (tertiary/aromatic N) is 1. The number of unbranched alkanes of at least 4 members (excludes halogenated alkanes) is 41. The number of hydrogen-bond acceptors (Lipinski definition) is 8. The fraction of sp³-hybridized carbons (Fsp3) is 0.833. The molecule has 0 spiro atoms. The number of quaternary nitrogens is 1. The highest BCUT2D eigenvalue weighted by molar-refractivity contribution is 7.45. The number of carbonyl (C=O) groups is 2. The summed E-state index contributed by atoms with van der Waals surface area (Å²) in [5.41, 5.74) is 0. The average Bonchev–Trinajstić information content (AvgIpc) is 3.46. The fourth-order valence-corrected chi connectivity index (χ4v) is 10.9. The molecule has 0 saturated carbocycles. The van der Waals surface area contributed by atoms with Crippen LogP contribution in [-0.2, 0) is 32.7 Å². The molecule has 480 valence electrons. The quantitative estimate of drug-likeness (QED) is 0.0195.